The molecule has 0 bridgehead atoms. The molecule has 0 heterocycles. The molecule has 0 fully saturated rings. The predicted octanol–water partition coefficient (Wildman–Crippen LogP) is 0.953. The molecule has 3 heteroatoms. The minimum Gasteiger partial charge on any atom is -0.373 e. The van der Waals surface area contributed by atoms with E-state index in [2.05, 4.69) is 6.07 Å². The SMILES string of the molecule is CN(CCN)c1cccc(C#N)c1. The van der Waals surface area contributed by atoms with Gasteiger partial charge in [0.2, 0.25) is 0 Å². The number of likely N-dealkylation sites (N-methyl/N-ethyl adjacent to an activating group) is 1. The Balaban J connectivity index is 2.83. The van der Waals surface area contributed by atoms with E-state index in [0.717, 1.165) is 12.2 Å². The number of benzene rings is 1. The molecule has 1 aromatic carbocycles. The molecule has 3 nitrogen and oxygen atoms in total. The minimum atomic E-state index is 0.618. The van der Waals surface area contributed by atoms with E-state index in [1.807, 2.05) is 30.1 Å². The van der Waals surface area contributed by atoms with Crippen LogP contribution >= 0.6 is 0 Å². The van der Waals surface area contributed by atoms with Gasteiger partial charge in [0.15, 0.2) is 0 Å². The molecule has 0 aliphatic heterocycles. The number of nitrogens with two attached hydrogens (primary N) is 1. The Morgan fingerprint density at radius 2 is 2.31 bits per heavy atom. The molecule has 1 aromatic rings. The highest BCUT2D eigenvalue weighted by molar-refractivity contribution is 5.50. The third kappa shape index (κ3) is 2.46. The van der Waals surface area contributed by atoms with Crippen molar-refractivity contribution in [3.63, 3.8) is 0 Å². The van der Waals surface area contributed by atoms with Crippen molar-refractivity contribution in [2.75, 3.05) is 25.0 Å². The Labute approximate surface area is 78.4 Å². The molecule has 0 spiro atoms. The van der Waals surface area contributed by atoms with Gasteiger partial charge in [0.25, 0.3) is 0 Å². The van der Waals surface area contributed by atoms with Gasteiger partial charge in [-0.3, -0.25) is 0 Å². The average Bonchev–Trinajstić information content (AvgIpc) is 2.18. The molecule has 0 atom stereocenters. The summed E-state index contributed by atoms with van der Waals surface area (Å²) in [7, 11) is 1.96. The van der Waals surface area contributed by atoms with Gasteiger partial charge in [-0.25, -0.2) is 0 Å². The zero-order chi connectivity index (χ0) is 9.68. The topological polar surface area (TPSA) is 53.0 Å². The van der Waals surface area contributed by atoms with Crippen molar-refractivity contribution >= 4 is 5.69 Å². The summed E-state index contributed by atoms with van der Waals surface area (Å²) in [5.74, 6) is 0. The van der Waals surface area contributed by atoms with Crippen LogP contribution in [0.2, 0.25) is 0 Å². The highest BCUT2D eigenvalue weighted by Crippen LogP contribution is 2.13. The van der Waals surface area contributed by atoms with E-state index in [1.54, 1.807) is 6.07 Å². The van der Waals surface area contributed by atoms with E-state index < -0.39 is 0 Å². The third-order valence-electron chi connectivity index (χ3n) is 1.88. The van der Waals surface area contributed by atoms with Gasteiger partial charge in [-0.1, -0.05) is 6.07 Å². The Morgan fingerprint density at radius 3 is 2.92 bits per heavy atom. The van der Waals surface area contributed by atoms with Crippen LogP contribution in [0.5, 0.6) is 0 Å². The largest absolute Gasteiger partial charge is 0.373 e. The summed E-state index contributed by atoms with van der Waals surface area (Å²) >= 11 is 0. The zero-order valence-corrected chi connectivity index (χ0v) is 7.70. The van der Waals surface area contributed by atoms with Gasteiger partial charge < -0.3 is 10.6 Å². The summed E-state index contributed by atoms with van der Waals surface area (Å²) in [6, 6.07) is 9.60. The first-order valence-electron chi connectivity index (χ1n) is 4.19. The van der Waals surface area contributed by atoms with Gasteiger partial charge in [-0.15, -0.1) is 0 Å². The van der Waals surface area contributed by atoms with E-state index in [-0.39, 0.29) is 0 Å². The minimum absolute atomic E-state index is 0.618. The lowest BCUT2D eigenvalue weighted by molar-refractivity contribution is 0.885. The van der Waals surface area contributed by atoms with Gasteiger partial charge in [0.1, 0.15) is 0 Å². The fraction of sp³-hybridized carbons (Fsp3) is 0.300. The first-order valence-corrected chi connectivity index (χ1v) is 4.19. The molecule has 1 rings (SSSR count). The van der Waals surface area contributed by atoms with Crippen LogP contribution < -0.4 is 10.6 Å². The highest BCUT2D eigenvalue weighted by Gasteiger charge is 1.99. The number of nitriles is 1. The Morgan fingerprint density at radius 1 is 1.54 bits per heavy atom. The van der Waals surface area contributed by atoms with Crippen molar-refractivity contribution < 1.29 is 0 Å². The lowest BCUT2D eigenvalue weighted by atomic mass is 10.2. The molecule has 13 heavy (non-hydrogen) atoms. The van der Waals surface area contributed by atoms with E-state index in [0.29, 0.717) is 12.1 Å². The van der Waals surface area contributed by atoms with Crippen molar-refractivity contribution in [2.24, 2.45) is 5.73 Å². The Bertz CT molecular complexity index is 314. The van der Waals surface area contributed by atoms with Crippen LogP contribution in [0.3, 0.4) is 0 Å². The van der Waals surface area contributed by atoms with E-state index in [4.69, 9.17) is 11.0 Å². The molecule has 68 valence electrons. The maximum atomic E-state index is 8.68. The fourth-order valence-electron chi connectivity index (χ4n) is 1.14. The molecule has 2 N–H and O–H groups in total. The second-order valence-corrected chi connectivity index (χ2v) is 2.87. The van der Waals surface area contributed by atoms with Crippen molar-refractivity contribution in [3.05, 3.63) is 29.8 Å². The quantitative estimate of drug-likeness (QED) is 0.744. The summed E-state index contributed by atoms with van der Waals surface area (Å²) in [6.45, 7) is 1.42. The van der Waals surface area contributed by atoms with Crippen LogP contribution in [0, 0.1) is 11.3 Å². The fourth-order valence-corrected chi connectivity index (χ4v) is 1.14. The van der Waals surface area contributed by atoms with Crippen LogP contribution in [-0.4, -0.2) is 20.1 Å². The maximum Gasteiger partial charge on any atom is 0.0992 e. The molecule has 0 aliphatic carbocycles. The summed E-state index contributed by atoms with van der Waals surface area (Å²) in [5.41, 5.74) is 7.14. The van der Waals surface area contributed by atoms with E-state index in [9.17, 15) is 0 Å². The van der Waals surface area contributed by atoms with E-state index in [1.165, 1.54) is 0 Å². The standard InChI is InChI=1S/C10H13N3/c1-13(6-5-11)10-4-2-3-9(7-10)8-12/h2-4,7H,5-6,11H2,1H3. The molecule has 0 saturated carbocycles. The molecule has 0 aliphatic rings. The zero-order valence-electron chi connectivity index (χ0n) is 7.70. The summed E-state index contributed by atoms with van der Waals surface area (Å²) in [5, 5.41) is 8.68. The van der Waals surface area contributed by atoms with Gasteiger partial charge in [-0.05, 0) is 18.2 Å². The normalized spacial score (nSPS) is 9.31. The second kappa shape index (κ2) is 4.48. The predicted molar refractivity (Wildman–Crippen MR) is 53.5 cm³/mol. The number of hydrogen-bond acceptors (Lipinski definition) is 3. The molecular weight excluding hydrogens is 162 g/mol. The van der Waals surface area contributed by atoms with Crippen LogP contribution in [0.25, 0.3) is 0 Å². The lowest BCUT2D eigenvalue weighted by Crippen LogP contribution is -2.24. The summed E-state index contributed by atoms with van der Waals surface area (Å²) in [4.78, 5) is 2.03. The van der Waals surface area contributed by atoms with Gasteiger partial charge in [-0.2, -0.15) is 5.26 Å². The monoisotopic (exact) mass is 175 g/mol. The molecular formula is C10H13N3. The Hall–Kier alpha value is -1.53. The van der Waals surface area contributed by atoms with Gasteiger partial charge in [0.05, 0.1) is 11.6 Å². The second-order valence-electron chi connectivity index (χ2n) is 2.87. The number of hydrogen-bond donors (Lipinski definition) is 1. The van der Waals surface area contributed by atoms with Crippen LogP contribution in [-0.2, 0) is 0 Å². The van der Waals surface area contributed by atoms with Crippen molar-refractivity contribution in [3.8, 4) is 6.07 Å². The first kappa shape index (κ1) is 9.56. The molecule has 0 unspecified atom stereocenters. The molecule has 0 amide bonds. The number of anilines is 1. The lowest BCUT2D eigenvalue weighted by Gasteiger charge is -2.17. The van der Waals surface area contributed by atoms with E-state index >= 15 is 0 Å². The maximum absolute atomic E-state index is 8.68. The van der Waals surface area contributed by atoms with Gasteiger partial charge in [0, 0.05) is 25.8 Å². The molecule has 0 radical (unpaired) electrons. The third-order valence-corrected chi connectivity index (χ3v) is 1.88. The first-order chi connectivity index (χ1) is 6.27. The summed E-state index contributed by atoms with van der Waals surface area (Å²) in [6.07, 6.45) is 0. The van der Waals surface area contributed by atoms with Crippen molar-refractivity contribution in [2.45, 2.75) is 0 Å². The molecule has 0 saturated heterocycles. The van der Waals surface area contributed by atoms with Crippen molar-refractivity contribution in [1.82, 2.24) is 0 Å². The number of nitrogens with zero attached hydrogens (tertiary/aromatic N) is 2. The molecule has 0 aromatic heterocycles. The highest BCUT2D eigenvalue weighted by atomic mass is 15.1. The summed E-state index contributed by atoms with van der Waals surface area (Å²) < 4.78 is 0. The average molecular weight is 175 g/mol. The van der Waals surface area contributed by atoms with Gasteiger partial charge >= 0.3 is 0 Å². The number of rotatable bonds is 3. The van der Waals surface area contributed by atoms with Crippen LogP contribution in [0.1, 0.15) is 5.56 Å². The Kier molecular flexibility index (Phi) is 3.30. The smallest absolute Gasteiger partial charge is 0.0992 e. The van der Waals surface area contributed by atoms with Crippen LogP contribution in [0.15, 0.2) is 24.3 Å². The van der Waals surface area contributed by atoms with Crippen LogP contribution in [0.4, 0.5) is 5.69 Å². The van der Waals surface area contributed by atoms with Crippen molar-refractivity contribution in [1.29, 1.82) is 5.26 Å².